The van der Waals surface area contributed by atoms with Crippen molar-refractivity contribution >= 4 is 23.4 Å². The zero-order chi connectivity index (χ0) is 17.9. The molecule has 0 aliphatic carbocycles. The van der Waals surface area contributed by atoms with Crippen molar-refractivity contribution in [2.24, 2.45) is 0 Å². The number of carbonyl (C=O) groups is 2. The Balaban J connectivity index is 2.08. The molecule has 1 aromatic heterocycles. The van der Waals surface area contributed by atoms with Crippen molar-refractivity contribution in [2.45, 2.75) is 33.2 Å². The van der Waals surface area contributed by atoms with E-state index in [0.717, 1.165) is 0 Å². The summed E-state index contributed by atoms with van der Waals surface area (Å²) in [4.78, 5) is 28.0. The molecule has 0 saturated carbocycles. The number of aryl methyl sites for hydroxylation is 1. The molecule has 0 unspecified atom stereocenters. The van der Waals surface area contributed by atoms with Crippen LogP contribution in [0, 0.1) is 6.92 Å². The highest BCUT2D eigenvalue weighted by atomic mass is 35.5. The average Bonchev–Trinajstić information content (AvgIpc) is 2.85. The Hall–Kier alpha value is -2.41. The molecular weight excluding hydrogens is 330 g/mol. The number of amides is 2. The summed E-state index contributed by atoms with van der Waals surface area (Å²) >= 11 is 6.14. The molecule has 0 saturated heterocycles. The fourth-order valence-electron chi connectivity index (χ4n) is 2.04. The predicted octanol–water partition coefficient (Wildman–Crippen LogP) is 1.87. The fraction of sp³-hybridized carbons (Fsp3) is 0.375. The lowest BCUT2D eigenvalue weighted by molar-refractivity contribution is -0.121. The summed E-state index contributed by atoms with van der Waals surface area (Å²) in [6.07, 6.45) is 0. The van der Waals surface area contributed by atoms with Crippen LogP contribution < -0.4 is 10.6 Å². The van der Waals surface area contributed by atoms with E-state index in [2.05, 4.69) is 20.7 Å². The van der Waals surface area contributed by atoms with E-state index in [4.69, 9.17) is 11.6 Å². The lowest BCUT2D eigenvalue weighted by Crippen LogP contribution is -2.46. The van der Waals surface area contributed by atoms with Crippen LogP contribution in [0.4, 0.5) is 0 Å². The number of hydrogen-bond donors (Lipinski definition) is 2. The third-order valence-electron chi connectivity index (χ3n) is 2.98. The van der Waals surface area contributed by atoms with Gasteiger partial charge in [0.25, 0.3) is 5.91 Å². The summed E-state index contributed by atoms with van der Waals surface area (Å²) in [6, 6.07) is 7.13. The zero-order valence-electron chi connectivity index (χ0n) is 14.1. The van der Waals surface area contributed by atoms with Gasteiger partial charge in [0.05, 0.1) is 17.3 Å². The minimum atomic E-state index is -0.520. The van der Waals surface area contributed by atoms with Gasteiger partial charge in [-0.3, -0.25) is 9.59 Å². The Kier molecular flexibility index (Phi) is 5.23. The molecule has 2 rings (SSSR count). The fourth-order valence-corrected chi connectivity index (χ4v) is 2.26. The smallest absolute Gasteiger partial charge is 0.291 e. The van der Waals surface area contributed by atoms with E-state index in [-0.39, 0.29) is 23.8 Å². The van der Waals surface area contributed by atoms with E-state index in [1.807, 2.05) is 26.8 Å². The van der Waals surface area contributed by atoms with Crippen LogP contribution >= 0.6 is 11.6 Å². The van der Waals surface area contributed by atoms with E-state index in [0.29, 0.717) is 16.5 Å². The lowest BCUT2D eigenvalue weighted by atomic mass is 10.1. The van der Waals surface area contributed by atoms with Gasteiger partial charge in [0.1, 0.15) is 5.82 Å². The number of para-hydroxylation sites is 1. The van der Waals surface area contributed by atoms with E-state index in [1.54, 1.807) is 25.1 Å². The maximum absolute atomic E-state index is 12.1. The molecule has 2 aromatic rings. The van der Waals surface area contributed by atoms with Gasteiger partial charge in [-0.05, 0) is 39.8 Å². The van der Waals surface area contributed by atoms with Crippen LogP contribution in [0.25, 0.3) is 5.69 Å². The third-order valence-corrected chi connectivity index (χ3v) is 3.30. The van der Waals surface area contributed by atoms with E-state index in [9.17, 15) is 9.59 Å². The van der Waals surface area contributed by atoms with Crippen molar-refractivity contribution in [1.82, 2.24) is 25.4 Å². The third kappa shape index (κ3) is 4.55. The van der Waals surface area contributed by atoms with Gasteiger partial charge >= 0.3 is 0 Å². The van der Waals surface area contributed by atoms with Gasteiger partial charge in [0.15, 0.2) is 0 Å². The SMILES string of the molecule is Cc1nc(C(=O)NCC(=O)NC(C)(C)C)nn1-c1ccccc1Cl. The zero-order valence-corrected chi connectivity index (χ0v) is 14.8. The second kappa shape index (κ2) is 7.00. The minimum Gasteiger partial charge on any atom is -0.350 e. The van der Waals surface area contributed by atoms with Crippen molar-refractivity contribution in [3.8, 4) is 5.69 Å². The van der Waals surface area contributed by atoms with Gasteiger partial charge in [-0.1, -0.05) is 23.7 Å². The molecule has 8 heteroatoms. The van der Waals surface area contributed by atoms with E-state index >= 15 is 0 Å². The van der Waals surface area contributed by atoms with Gasteiger partial charge < -0.3 is 10.6 Å². The molecule has 7 nitrogen and oxygen atoms in total. The summed E-state index contributed by atoms with van der Waals surface area (Å²) in [7, 11) is 0. The van der Waals surface area contributed by atoms with Crippen LogP contribution in [0.5, 0.6) is 0 Å². The summed E-state index contributed by atoms with van der Waals surface area (Å²) in [5.74, 6) is -0.297. The number of aromatic nitrogens is 3. The number of rotatable bonds is 4. The largest absolute Gasteiger partial charge is 0.350 e. The maximum Gasteiger partial charge on any atom is 0.291 e. The highest BCUT2D eigenvalue weighted by Crippen LogP contribution is 2.20. The monoisotopic (exact) mass is 349 g/mol. The normalized spacial score (nSPS) is 11.2. The molecule has 0 atom stereocenters. The summed E-state index contributed by atoms with van der Waals surface area (Å²) < 4.78 is 1.49. The number of halogens is 1. The molecule has 0 aliphatic rings. The molecule has 1 aromatic carbocycles. The number of nitrogens with one attached hydrogen (secondary N) is 2. The van der Waals surface area contributed by atoms with Gasteiger partial charge in [0.2, 0.25) is 11.7 Å². The standard InChI is InChI=1S/C16H20ClN5O2/c1-10-19-14(15(24)18-9-13(23)20-16(2,3)4)21-22(10)12-8-6-5-7-11(12)17/h5-8H,9H2,1-4H3,(H,18,24)(H,20,23). The second-order valence-corrected chi connectivity index (χ2v) is 6.73. The summed E-state index contributed by atoms with van der Waals surface area (Å²) in [6.45, 7) is 7.17. The Labute approximate surface area is 145 Å². The first-order valence-electron chi connectivity index (χ1n) is 7.45. The van der Waals surface area contributed by atoms with Gasteiger partial charge in [-0.2, -0.15) is 0 Å². The molecule has 2 amide bonds. The van der Waals surface area contributed by atoms with Crippen LogP contribution in [-0.4, -0.2) is 38.7 Å². The number of carbonyl (C=O) groups excluding carboxylic acids is 2. The van der Waals surface area contributed by atoms with Crippen LogP contribution in [0.3, 0.4) is 0 Å². The van der Waals surface area contributed by atoms with Crippen molar-refractivity contribution < 1.29 is 9.59 Å². The minimum absolute atomic E-state index is 0.0176. The molecule has 0 radical (unpaired) electrons. The van der Waals surface area contributed by atoms with Gasteiger partial charge in [-0.15, -0.1) is 5.10 Å². The van der Waals surface area contributed by atoms with Crippen molar-refractivity contribution in [1.29, 1.82) is 0 Å². The molecular formula is C16H20ClN5O2. The molecule has 0 spiro atoms. The van der Waals surface area contributed by atoms with E-state index in [1.165, 1.54) is 4.68 Å². The first-order valence-corrected chi connectivity index (χ1v) is 7.83. The van der Waals surface area contributed by atoms with Gasteiger partial charge in [-0.25, -0.2) is 9.67 Å². The molecule has 0 aliphatic heterocycles. The molecule has 128 valence electrons. The van der Waals surface area contributed by atoms with Crippen molar-refractivity contribution in [3.63, 3.8) is 0 Å². The van der Waals surface area contributed by atoms with E-state index < -0.39 is 5.91 Å². The highest BCUT2D eigenvalue weighted by molar-refractivity contribution is 6.32. The Morgan fingerprint density at radius 2 is 1.92 bits per heavy atom. The summed E-state index contributed by atoms with van der Waals surface area (Å²) in [5.41, 5.74) is 0.274. The maximum atomic E-state index is 12.1. The summed E-state index contributed by atoms with van der Waals surface area (Å²) in [5, 5.41) is 9.94. The average molecular weight is 350 g/mol. The second-order valence-electron chi connectivity index (χ2n) is 6.33. The van der Waals surface area contributed by atoms with Gasteiger partial charge in [0, 0.05) is 5.54 Å². The first kappa shape index (κ1) is 17.9. The molecule has 0 fully saturated rings. The highest BCUT2D eigenvalue weighted by Gasteiger charge is 2.18. The molecule has 0 bridgehead atoms. The van der Waals surface area contributed by atoms with Crippen molar-refractivity contribution in [3.05, 3.63) is 40.9 Å². The number of hydrogen-bond acceptors (Lipinski definition) is 4. The Morgan fingerprint density at radius 3 is 2.54 bits per heavy atom. The molecule has 24 heavy (non-hydrogen) atoms. The quantitative estimate of drug-likeness (QED) is 0.882. The molecule has 1 heterocycles. The first-order chi connectivity index (χ1) is 11.2. The van der Waals surface area contributed by atoms with Crippen LogP contribution in [-0.2, 0) is 4.79 Å². The van der Waals surface area contributed by atoms with Crippen LogP contribution in [0.1, 0.15) is 37.2 Å². The number of benzene rings is 1. The Morgan fingerprint density at radius 1 is 1.25 bits per heavy atom. The predicted molar refractivity (Wildman–Crippen MR) is 91.3 cm³/mol. The lowest BCUT2D eigenvalue weighted by Gasteiger charge is -2.20. The topological polar surface area (TPSA) is 88.9 Å². The van der Waals surface area contributed by atoms with Crippen molar-refractivity contribution in [2.75, 3.05) is 6.54 Å². The van der Waals surface area contributed by atoms with Crippen LogP contribution in [0.15, 0.2) is 24.3 Å². The van der Waals surface area contributed by atoms with Crippen LogP contribution in [0.2, 0.25) is 5.02 Å². The Bertz CT molecular complexity index is 764. The number of nitrogens with zero attached hydrogens (tertiary/aromatic N) is 3. The molecule has 2 N–H and O–H groups in total.